The van der Waals surface area contributed by atoms with Gasteiger partial charge in [0.25, 0.3) is 0 Å². The van der Waals surface area contributed by atoms with Crippen molar-refractivity contribution < 1.29 is 28.7 Å². The van der Waals surface area contributed by atoms with Gasteiger partial charge < -0.3 is 9.47 Å². The average molecular weight is 323 g/mol. The second-order valence-electron chi connectivity index (χ2n) is 6.54. The van der Waals surface area contributed by atoms with Crippen LogP contribution in [0.3, 0.4) is 0 Å². The molecule has 2 saturated heterocycles. The number of carbonyl (C=O) groups excluding carboxylic acids is 4. The Kier molecular flexibility index (Phi) is 4.37. The van der Waals surface area contributed by atoms with Crippen LogP contribution in [-0.4, -0.2) is 47.4 Å². The Balaban J connectivity index is 1.52. The minimum absolute atomic E-state index is 0.0286. The van der Waals surface area contributed by atoms with Crippen molar-refractivity contribution in [2.75, 3.05) is 6.54 Å². The number of nitrogens with zero attached hydrogens (tertiary/aromatic N) is 1. The zero-order valence-electron chi connectivity index (χ0n) is 13.2. The monoisotopic (exact) mass is 323 g/mol. The lowest BCUT2D eigenvalue weighted by atomic mass is 9.81. The third-order valence-corrected chi connectivity index (χ3v) is 4.87. The van der Waals surface area contributed by atoms with Crippen molar-refractivity contribution >= 4 is 23.8 Å². The molecule has 0 aromatic heterocycles. The zero-order chi connectivity index (χ0) is 16.6. The normalized spacial score (nSPS) is 33.6. The zero-order valence-corrected chi connectivity index (χ0v) is 13.2. The fourth-order valence-electron chi connectivity index (χ4n) is 3.69. The lowest BCUT2D eigenvalue weighted by Crippen LogP contribution is -2.34. The quantitative estimate of drug-likeness (QED) is 0.561. The van der Waals surface area contributed by atoms with E-state index < -0.39 is 18.0 Å². The smallest absolute Gasteiger partial charge is 0.347 e. The first-order valence-electron chi connectivity index (χ1n) is 8.22. The average Bonchev–Trinajstić information content (AvgIpc) is 2.96. The standard InChI is InChI=1S/C16H21NO6/c1-9-8-12(16(21)22-9)23-13(18)6-7-17-14(19)10-4-2-3-5-11(10)15(17)20/h9-12H,2-8H2,1H3/t9-,10-,11+,12+/m1/s1. The lowest BCUT2D eigenvalue weighted by molar-refractivity contribution is -0.161. The molecule has 0 aromatic carbocycles. The number of esters is 2. The molecule has 1 saturated carbocycles. The molecule has 0 spiro atoms. The first-order valence-corrected chi connectivity index (χ1v) is 8.22. The highest BCUT2D eigenvalue weighted by molar-refractivity contribution is 6.05. The summed E-state index contributed by atoms with van der Waals surface area (Å²) in [5, 5.41) is 0. The predicted octanol–water partition coefficient (Wildman–Crippen LogP) is 0.799. The minimum atomic E-state index is -0.870. The molecule has 1 aliphatic carbocycles. The van der Waals surface area contributed by atoms with Gasteiger partial charge in [-0.1, -0.05) is 12.8 Å². The second-order valence-corrected chi connectivity index (χ2v) is 6.54. The molecule has 4 atom stereocenters. The number of imide groups is 1. The number of hydrogen-bond acceptors (Lipinski definition) is 6. The van der Waals surface area contributed by atoms with E-state index in [4.69, 9.17) is 9.47 Å². The highest BCUT2D eigenvalue weighted by atomic mass is 16.6. The molecule has 3 rings (SSSR count). The molecule has 0 radical (unpaired) electrons. The number of hydrogen-bond donors (Lipinski definition) is 0. The molecule has 2 heterocycles. The highest BCUT2D eigenvalue weighted by Gasteiger charge is 2.48. The number of cyclic esters (lactones) is 1. The van der Waals surface area contributed by atoms with Gasteiger partial charge in [0.05, 0.1) is 18.3 Å². The number of ether oxygens (including phenoxy) is 2. The number of likely N-dealkylation sites (tertiary alicyclic amines) is 1. The van der Waals surface area contributed by atoms with E-state index in [-0.39, 0.29) is 42.7 Å². The van der Waals surface area contributed by atoms with E-state index in [2.05, 4.69) is 0 Å². The van der Waals surface area contributed by atoms with Gasteiger partial charge >= 0.3 is 11.9 Å². The van der Waals surface area contributed by atoms with Crippen molar-refractivity contribution in [1.82, 2.24) is 4.90 Å². The molecule has 3 aliphatic rings. The van der Waals surface area contributed by atoms with Crippen molar-refractivity contribution in [2.45, 2.75) is 57.7 Å². The fraction of sp³-hybridized carbons (Fsp3) is 0.750. The van der Waals surface area contributed by atoms with E-state index in [0.717, 1.165) is 25.7 Å². The van der Waals surface area contributed by atoms with E-state index in [9.17, 15) is 19.2 Å². The Labute approximate surface area is 134 Å². The van der Waals surface area contributed by atoms with Crippen LogP contribution >= 0.6 is 0 Å². The van der Waals surface area contributed by atoms with Crippen LogP contribution in [0.25, 0.3) is 0 Å². The molecule has 3 fully saturated rings. The molecule has 0 bridgehead atoms. The van der Waals surface area contributed by atoms with Crippen LogP contribution in [-0.2, 0) is 28.7 Å². The SMILES string of the molecule is C[C@@H]1C[C@H](OC(=O)CCN2C(=O)[C@H]3CCCC[C@H]3C2=O)C(=O)O1. The van der Waals surface area contributed by atoms with Gasteiger partial charge in [-0.05, 0) is 19.8 Å². The molecule has 7 heteroatoms. The fourth-order valence-corrected chi connectivity index (χ4v) is 3.69. The van der Waals surface area contributed by atoms with Gasteiger partial charge in [0.2, 0.25) is 17.9 Å². The van der Waals surface area contributed by atoms with Gasteiger partial charge in [0.15, 0.2) is 0 Å². The summed E-state index contributed by atoms with van der Waals surface area (Å²) in [4.78, 5) is 49.0. The Hall–Kier alpha value is -1.92. The summed E-state index contributed by atoms with van der Waals surface area (Å²) in [6.07, 6.45) is 2.57. The van der Waals surface area contributed by atoms with E-state index in [1.54, 1.807) is 6.92 Å². The molecule has 0 aromatic rings. The summed E-state index contributed by atoms with van der Waals surface area (Å²) >= 11 is 0. The number of carbonyl (C=O) groups is 4. The third-order valence-electron chi connectivity index (χ3n) is 4.87. The predicted molar refractivity (Wildman–Crippen MR) is 76.8 cm³/mol. The summed E-state index contributed by atoms with van der Waals surface area (Å²) in [5.74, 6) is -1.87. The Morgan fingerprint density at radius 3 is 2.30 bits per heavy atom. The summed E-state index contributed by atoms with van der Waals surface area (Å²) in [7, 11) is 0. The van der Waals surface area contributed by atoms with Crippen molar-refractivity contribution in [3.05, 3.63) is 0 Å². The Bertz CT molecular complexity index is 521. The van der Waals surface area contributed by atoms with Crippen molar-refractivity contribution in [3.63, 3.8) is 0 Å². The summed E-state index contributed by atoms with van der Waals surface area (Å²) < 4.78 is 10.00. The van der Waals surface area contributed by atoms with E-state index in [0.29, 0.717) is 6.42 Å². The first kappa shape index (κ1) is 16.0. The topological polar surface area (TPSA) is 90.0 Å². The van der Waals surface area contributed by atoms with Gasteiger partial charge in [0, 0.05) is 13.0 Å². The van der Waals surface area contributed by atoms with E-state index >= 15 is 0 Å². The minimum Gasteiger partial charge on any atom is -0.460 e. The summed E-state index contributed by atoms with van der Waals surface area (Å²) in [6, 6.07) is 0. The first-order chi connectivity index (χ1) is 11.0. The molecule has 0 unspecified atom stereocenters. The van der Waals surface area contributed by atoms with E-state index in [1.807, 2.05) is 0 Å². The number of fused-ring (bicyclic) bond motifs is 1. The molecule has 23 heavy (non-hydrogen) atoms. The van der Waals surface area contributed by atoms with Gasteiger partial charge in [-0.25, -0.2) is 4.79 Å². The molecule has 7 nitrogen and oxygen atoms in total. The molecule has 2 aliphatic heterocycles. The summed E-state index contributed by atoms with van der Waals surface area (Å²) in [6.45, 7) is 1.76. The largest absolute Gasteiger partial charge is 0.460 e. The van der Waals surface area contributed by atoms with Gasteiger partial charge in [-0.15, -0.1) is 0 Å². The molecular formula is C16H21NO6. The highest BCUT2D eigenvalue weighted by Crippen LogP contribution is 2.38. The Morgan fingerprint density at radius 1 is 1.17 bits per heavy atom. The van der Waals surface area contributed by atoms with Crippen LogP contribution < -0.4 is 0 Å². The van der Waals surface area contributed by atoms with Crippen LogP contribution in [0.5, 0.6) is 0 Å². The maximum atomic E-state index is 12.3. The lowest BCUT2D eigenvalue weighted by Gasteiger charge is -2.19. The summed E-state index contributed by atoms with van der Waals surface area (Å²) in [5.41, 5.74) is 0. The van der Waals surface area contributed by atoms with Crippen molar-refractivity contribution in [3.8, 4) is 0 Å². The van der Waals surface area contributed by atoms with Crippen LogP contribution in [0.4, 0.5) is 0 Å². The van der Waals surface area contributed by atoms with Crippen LogP contribution in [0.15, 0.2) is 0 Å². The maximum absolute atomic E-state index is 12.3. The van der Waals surface area contributed by atoms with E-state index in [1.165, 1.54) is 4.90 Å². The second kappa shape index (κ2) is 6.29. The van der Waals surface area contributed by atoms with Crippen molar-refractivity contribution in [2.24, 2.45) is 11.8 Å². The van der Waals surface area contributed by atoms with Gasteiger partial charge in [-0.2, -0.15) is 0 Å². The molecular weight excluding hydrogens is 302 g/mol. The van der Waals surface area contributed by atoms with Crippen LogP contribution in [0.1, 0.15) is 45.4 Å². The molecule has 0 N–H and O–H groups in total. The van der Waals surface area contributed by atoms with Crippen LogP contribution in [0.2, 0.25) is 0 Å². The molecule has 2 amide bonds. The van der Waals surface area contributed by atoms with Gasteiger partial charge in [0.1, 0.15) is 6.10 Å². The number of amides is 2. The maximum Gasteiger partial charge on any atom is 0.347 e. The van der Waals surface area contributed by atoms with Crippen LogP contribution in [0, 0.1) is 11.8 Å². The number of rotatable bonds is 4. The third kappa shape index (κ3) is 3.09. The van der Waals surface area contributed by atoms with Crippen molar-refractivity contribution in [1.29, 1.82) is 0 Å². The molecule has 126 valence electrons. The van der Waals surface area contributed by atoms with Gasteiger partial charge in [-0.3, -0.25) is 19.3 Å². The Morgan fingerprint density at radius 2 is 1.78 bits per heavy atom.